The van der Waals surface area contributed by atoms with Crippen molar-refractivity contribution in [2.24, 2.45) is 11.1 Å². The molecule has 2 heteroatoms. The van der Waals surface area contributed by atoms with E-state index in [1.165, 1.54) is 17.0 Å². The van der Waals surface area contributed by atoms with Crippen molar-refractivity contribution in [3.05, 3.63) is 23.0 Å². The van der Waals surface area contributed by atoms with E-state index in [2.05, 4.69) is 44.2 Å². The summed E-state index contributed by atoms with van der Waals surface area (Å²) in [6, 6.07) is 2.57. The Morgan fingerprint density at radius 3 is 2.84 bits per heavy atom. The van der Waals surface area contributed by atoms with Crippen molar-refractivity contribution in [3.63, 3.8) is 0 Å². The summed E-state index contributed by atoms with van der Waals surface area (Å²) in [6.07, 6.45) is 10.0. The number of nitrogens with zero attached hydrogens (tertiary/aromatic N) is 1. The van der Waals surface area contributed by atoms with Crippen LogP contribution in [0.1, 0.15) is 69.1 Å². The molecule has 0 amide bonds. The third kappa shape index (κ3) is 2.58. The molecule has 2 rings (SSSR count). The minimum Gasteiger partial charge on any atom is -0.334 e. The van der Waals surface area contributed by atoms with Gasteiger partial charge in [0.25, 0.3) is 0 Å². The van der Waals surface area contributed by atoms with Gasteiger partial charge in [-0.2, -0.15) is 0 Å². The van der Waals surface area contributed by atoms with Crippen molar-refractivity contribution in [3.8, 4) is 12.3 Å². The Morgan fingerprint density at radius 1 is 1.58 bits per heavy atom. The molecule has 1 heterocycles. The fraction of sp³-hybridized carbons (Fsp3) is 0.647. The van der Waals surface area contributed by atoms with Crippen molar-refractivity contribution in [1.29, 1.82) is 0 Å². The third-order valence-electron chi connectivity index (χ3n) is 4.25. The first-order chi connectivity index (χ1) is 8.89. The van der Waals surface area contributed by atoms with Gasteiger partial charge in [-0.05, 0) is 43.2 Å². The van der Waals surface area contributed by atoms with Gasteiger partial charge in [-0.15, -0.1) is 6.42 Å². The van der Waals surface area contributed by atoms with Crippen LogP contribution < -0.4 is 5.73 Å². The van der Waals surface area contributed by atoms with E-state index in [0.29, 0.717) is 0 Å². The van der Waals surface area contributed by atoms with E-state index in [4.69, 9.17) is 12.2 Å². The van der Waals surface area contributed by atoms with Crippen molar-refractivity contribution < 1.29 is 0 Å². The highest BCUT2D eigenvalue weighted by Gasteiger charge is 2.34. The minimum absolute atomic E-state index is 0.152. The minimum atomic E-state index is 0.152. The summed E-state index contributed by atoms with van der Waals surface area (Å²) in [5.41, 5.74) is 10.6. The smallest absolute Gasteiger partial charge is 0.0943 e. The van der Waals surface area contributed by atoms with E-state index < -0.39 is 0 Å². The standard InChI is InChI=1S/C17H26N2/c1-6-8-13(7-2)19-12(3)9-14-15(18)10-17(4,5)11-16(14)19/h2,9,13,15H,6,8,10-11,18H2,1,3-5H3. The Hall–Kier alpha value is -1.20. The topological polar surface area (TPSA) is 30.9 Å². The van der Waals surface area contributed by atoms with Crippen LogP contribution in [0.2, 0.25) is 0 Å². The molecular weight excluding hydrogens is 232 g/mol. The second kappa shape index (κ2) is 5.06. The Balaban J connectivity index is 2.50. The highest BCUT2D eigenvalue weighted by molar-refractivity contribution is 5.35. The monoisotopic (exact) mass is 258 g/mol. The number of rotatable bonds is 3. The summed E-state index contributed by atoms with van der Waals surface area (Å²) >= 11 is 0. The van der Waals surface area contributed by atoms with Crippen molar-refractivity contribution in [1.82, 2.24) is 4.57 Å². The molecule has 1 aliphatic rings. The van der Waals surface area contributed by atoms with E-state index >= 15 is 0 Å². The number of nitrogens with two attached hydrogens (primary N) is 1. The van der Waals surface area contributed by atoms with E-state index in [-0.39, 0.29) is 17.5 Å². The molecule has 1 aliphatic carbocycles. The fourth-order valence-electron chi connectivity index (χ4n) is 3.46. The van der Waals surface area contributed by atoms with Gasteiger partial charge in [-0.1, -0.05) is 33.1 Å². The number of aromatic nitrogens is 1. The van der Waals surface area contributed by atoms with Crippen LogP contribution in [-0.2, 0) is 6.42 Å². The highest BCUT2D eigenvalue weighted by Crippen LogP contribution is 2.42. The fourth-order valence-corrected chi connectivity index (χ4v) is 3.46. The lowest BCUT2D eigenvalue weighted by Gasteiger charge is -2.35. The summed E-state index contributed by atoms with van der Waals surface area (Å²) in [5, 5.41) is 0. The van der Waals surface area contributed by atoms with Crippen molar-refractivity contribution in [2.75, 3.05) is 0 Å². The normalized spacial score (nSPS) is 22.6. The predicted octanol–water partition coefficient (Wildman–Crippen LogP) is 3.74. The van der Waals surface area contributed by atoms with E-state index in [9.17, 15) is 0 Å². The first-order valence-electron chi connectivity index (χ1n) is 7.32. The molecule has 0 bridgehead atoms. The Bertz CT molecular complexity index is 502. The van der Waals surface area contributed by atoms with Crippen LogP contribution in [0.15, 0.2) is 6.07 Å². The molecule has 0 aliphatic heterocycles. The number of terminal acetylenes is 1. The Kier molecular flexibility index (Phi) is 3.78. The van der Waals surface area contributed by atoms with Crippen LogP contribution in [0.5, 0.6) is 0 Å². The van der Waals surface area contributed by atoms with Gasteiger partial charge in [0.15, 0.2) is 0 Å². The number of hydrogen-bond donors (Lipinski definition) is 1. The third-order valence-corrected chi connectivity index (χ3v) is 4.25. The SMILES string of the molecule is C#CC(CCC)n1c(C)cc2c1CC(C)(C)CC2N. The van der Waals surface area contributed by atoms with Crippen LogP contribution in [0.25, 0.3) is 0 Å². The van der Waals surface area contributed by atoms with Gasteiger partial charge in [0.1, 0.15) is 0 Å². The lowest BCUT2D eigenvalue weighted by molar-refractivity contribution is 0.273. The molecule has 2 N–H and O–H groups in total. The van der Waals surface area contributed by atoms with Crippen molar-refractivity contribution >= 4 is 0 Å². The number of hydrogen-bond acceptors (Lipinski definition) is 1. The average molecular weight is 258 g/mol. The van der Waals surface area contributed by atoms with Crippen molar-refractivity contribution in [2.45, 2.75) is 65.5 Å². The molecule has 1 aromatic rings. The quantitative estimate of drug-likeness (QED) is 0.823. The van der Waals surface area contributed by atoms with Gasteiger partial charge in [0.2, 0.25) is 0 Å². The molecule has 104 valence electrons. The first-order valence-corrected chi connectivity index (χ1v) is 7.32. The van der Waals surface area contributed by atoms with Gasteiger partial charge in [-0.3, -0.25) is 0 Å². The molecule has 0 saturated carbocycles. The zero-order valence-electron chi connectivity index (χ0n) is 12.7. The summed E-state index contributed by atoms with van der Waals surface area (Å²) in [5.74, 6) is 2.96. The lowest BCUT2D eigenvalue weighted by atomic mass is 9.74. The average Bonchev–Trinajstić information content (AvgIpc) is 2.62. The zero-order valence-corrected chi connectivity index (χ0v) is 12.7. The van der Waals surface area contributed by atoms with Crippen LogP contribution in [0.4, 0.5) is 0 Å². The summed E-state index contributed by atoms with van der Waals surface area (Å²) in [7, 11) is 0. The van der Waals surface area contributed by atoms with Gasteiger partial charge in [0.05, 0.1) is 6.04 Å². The molecule has 2 nitrogen and oxygen atoms in total. The second-order valence-electron chi connectivity index (χ2n) is 6.68. The largest absolute Gasteiger partial charge is 0.334 e. The van der Waals surface area contributed by atoms with E-state index in [0.717, 1.165) is 25.7 Å². The number of fused-ring (bicyclic) bond motifs is 1. The number of aryl methyl sites for hydroxylation is 1. The van der Waals surface area contributed by atoms with E-state index in [1.54, 1.807) is 0 Å². The van der Waals surface area contributed by atoms with Crippen LogP contribution >= 0.6 is 0 Å². The Morgan fingerprint density at radius 2 is 2.26 bits per heavy atom. The highest BCUT2D eigenvalue weighted by atomic mass is 15.0. The summed E-state index contributed by atoms with van der Waals surface area (Å²) in [6.45, 7) is 8.93. The predicted molar refractivity (Wildman–Crippen MR) is 81.0 cm³/mol. The van der Waals surface area contributed by atoms with Gasteiger partial charge in [0, 0.05) is 17.4 Å². The van der Waals surface area contributed by atoms with Gasteiger partial charge < -0.3 is 10.3 Å². The Labute approximate surface area is 117 Å². The van der Waals surface area contributed by atoms with Crippen LogP contribution in [0.3, 0.4) is 0 Å². The summed E-state index contributed by atoms with van der Waals surface area (Å²) < 4.78 is 2.36. The van der Waals surface area contributed by atoms with Crippen LogP contribution in [0, 0.1) is 24.7 Å². The first kappa shape index (κ1) is 14.2. The molecule has 0 spiro atoms. The zero-order chi connectivity index (χ0) is 14.2. The maximum atomic E-state index is 6.35. The molecule has 19 heavy (non-hydrogen) atoms. The second-order valence-corrected chi connectivity index (χ2v) is 6.68. The molecule has 0 saturated heterocycles. The van der Waals surface area contributed by atoms with Gasteiger partial charge in [-0.25, -0.2) is 0 Å². The molecule has 1 aromatic heterocycles. The molecule has 2 atom stereocenters. The molecule has 2 unspecified atom stereocenters. The van der Waals surface area contributed by atoms with E-state index in [1.807, 2.05) is 0 Å². The molecule has 0 aromatic carbocycles. The molecular formula is C17H26N2. The summed E-state index contributed by atoms with van der Waals surface area (Å²) in [4.78, 5) is 0. The van der Waals surface area contributed by atoms with Gasteiger partial charge >= 0.3 is 0 Å². The molecule has 0 radical (unpaired) electrons. The molecule has 0 fully saturated rings. The lowest BCUT2D eigenvalue weighted by Crippen LogP contribution is -2.31. The van der Waals surface area contributed by atoms with Crippen LogP contribution in [-0.4, -0.2) is 4.57 Å². The maximum absolute atomic E-state index is 6.35. The maximum Gasteiger partial charge on any atom is 0.0943 e.